The van der Waals surface area contributed by atoms with Gasteiger partial charge in [-0.05, 0) is 147 Å². The number of ether oxygens (including phenoxy) is 2. The highest BCUT2D eigenvalue weighted by molar-refractivity contribution is 7.18. The van der Waals surface area contributed by atoms with E-state index in [0.29, 0.717) is 88.2 Å². The van der Waals surface area contributed by atoms with Crippen molar-refractivity contribution in [2.75, 3.05) is 32.1 Å². The Balaban J connectivity index is 0.715. The first-order valence-corrected chi connectivity index (χ1v) is 34.8. The molecule has 0 saturated heterocycles. The van der Waals surface area contributed by atoms with E-state index in [2.05, 4.69) is 45.1 Å². The second-order valence-electron chi connectivity index (χ2n) is 28.5. The molecule has 4 saturated carbocycles. The summed E-state index contributed by atoms with van der Waals surface area (Å²) in [7, 11) is 1.67. The van der Waals surface area contributed by atoms with Crippen molar-refractivity contribution in [3.05, 3.63) is 125 Å². The molecule has 0 spiro atoms. The highest BCUT2D eigenvalue weighted by atomic mass is 32.1. The number of carbonyl (C=O) groups excluding carboxylic acids is 7. The molecule has 524 valence electrons. The number of nitrogens with two attached hydrogens (primary N) is 1. The minimum absolute atomic E-state index is 0.000149. The minimum atomic E-state index is -1.18. The highest BCUT2D eigenvalue weighted by Crippen LogP contribution is 2.72. The summed E-state index contributed by atoms with van der Waals surface area (Å²) in [4.78, 5) is 130. The van der Waals surface area contributed by atoms with Crippen molar-refractivity contribution in [2.45, 2.75) is 175 Å². The number of urea groups is 1. The van der Waals surface area contributed by atoms with Gasteiger partial charge in [-0.15, -0.1) is 11.3 Å². The van der Waals surface area contributed by atoms with Crippen molar-refractivity contribution in [2.24, 2.45) is 27.9 Å². The van der Waals surface area contributed by atoms with Crippen LogP contribution in [0, 0.1) is 29.1 Å². The number of nitrogens with one attached hydrogen (secondary N) is 4. The fourth-order valence-corrected chi connectivity index (χ4v) is 16.9. The molecular weight excluding hydrogens is 1280 g/mol. The lowest BCUT2D eigenvalue weighted by Gasteiger charge is -2.69. The first kappa shape index (κ1) is 72.3. The van der Waals surface area contributed by atoms with Crippen molar-refractivity contribution in [1.29, 1.82) is 0 Å². The fourth-order valence-electron chi connectivity index (χ4n) is 15.9. The number of aromatic nitrogens is 5. The molecule has 4 fully saturated rings. The van der Waals surface area contributed by atoms with Crippen LogP contribution >= 0.6 is 11.3 Å². The van der Waals surface area contributed by atoms with E-state index in [1.54, 1.807) is 69.8 Å². The molecule has 4 heterocycles. The number of aromatic carboxylic acids is 1. The topological polar surface area (TPSA) is 346 Å². The molecular formula is C74H89N11O13S. The summed E-state index contributed by atoms with van der Waals surface area (Å²) in [6, 6.07) is 20.9. The first-order chi connectivity index (χ1) is 47.2. The maximum atomic E-state index is 13.8. The van der Waals surface area contributed by atoms with Crippen LogP contribution < -0.4 is 27.0 Å². The Kier molecular flexibility index (Phi) is 22.7. The van der Waals surface area contributed by atoms with Crippen molar-refractivity contribution in [1.82, 2.24) is 45.6 Å². The smallest absolute Gasteiger partial charge is 0.409 e. The number of thiazole rings is 1. The van der Waals surface area contributed by atoms with Crippen LogP contribution in [-0.4, -0.2) is 138 Å². The lowest BCUT2D eigenvalue weighted by molar-refractivity contribution is -0.248. The summed E-state index contributed by atoms with van der Waals surface area (Å²) in [5, 5.41) is 37.5. The number of nitrogens with zero attached hydrogens (tertiary/aromatic N) is 6. The van der Waals surface area contributed by atoms with Crippen molar-refractivity contribution < 1.29 is 62.8 Å². The monoisotopic (exact) mass is 1370 g/mol. The Morgan fingerprint density at radius 3 is 2.21 bits per heavy atom. The summed E-state index contributed by atoms with van der Waals surface area (Å²) in [5.41, 5.74) is 9.93. The molecule has 3 aromatic carbocycles. The van der Waals surface area contributed by atoms with Crippen LogP contribution in [0.3, 0.4) is 0 Å². The van der Waals surface area contributed by atoms with Crippen LogP contribution in [0.25, 0.3) is 43.4 Å². The molecule has 24 nitrogen and oxygen atoms in total. The number of Topliss-reactive ketones (excluding diaryl/α,β-unsaturated/α-hetero) is 2. The number of hydrogen-bond acceptors (Lipinski definition) is 16. The van der Waals surface area contributed by atoms with Gasteiger partial charge in [-0.1, -0.05) is 76.9 Å². The van der Waals surface area contributed by atoms with Gasteiger partial charge in [0.25, 0.3) is 0 Å². The quantitative estimate of drug-likeness (QED) is 0.0146. The van der Waals surface area contributed by atoms with Gasteiger partial charge < -0.3 is 51.6 Å². The Labute approximate surface area is 579 Å². The number of benzene rings is 3. The Morgan fingerprint density at radius 1 is 0.768 bits per heavy atom. The molecule has 4 aromatic heterocycles. The Bertz CT molecular complexity index is 4140. The van der Waals surface area contributed by atoms with Gasteiger partial charge in [0.2, 0.25) is 17.7 Å². The van der Waals surface area contributed by atoms with Crippen molar-refractivity contribution >= 4 is 91.4 Å². The van der Waals surface area contributed by atoms with E-state index in [1.165, 1.54) is 16.2 Å². The third kappa shape index (κ3) is 18.3. The van der Waals surface area contributed by atoms with Gasteiger partial charge in [-0.3, -0.25) is 38.4 Å². The number of ketones is 2. The molecule has 4 atom stereocenters. The number of hydrogen-bond donors (Lipinski definition) is 7. The lowest BCUT2D eigenvalue weighted by Crippen LogP contribution is -2.64. The van der Waals surface area contributed by atoms with Crippen molar-refractivity contribution in [3.63, 3.8) is 0 Å². The zero-order valence-electron chi connectivity index (χ0n) is 57.1. The van der Waals surface area contributed by atoms with Crippen molar-refractivity contribution in [3.8, 4) is 22.4 Å². The molecule has 0 radical (unpaired) electrons. The van der Waals surface area contributed by atoms with Gasteiger partial charge >= 0.3 is 24.1 Å². The number of likely N-dealkylation sites (N-methyl/N-ethyl adjacent to an activating group) is 1. The van der Waals surface area contributed by atoms with Crippen LogP contribution in [-0.2, 0) is 53.0 Å². The number of carboxylic acid groups (broad SMARTS) is 2. The van der Waals surface area contributed by atoms with Crippen LogP contribution in [0.1, 0.15) is 168 Å². The molecule has 6 amide bonds. The van der Waals surface area contributed by atoms with Gasteiger partial charge in [0.1, 0.15) is 29.5 Å². The van der Waals surface area contributed by atoms with E-state index in [-0.39, 0.29) is 110 Å². The molecule has 4 bridgehead atoms. The van der Waals surface area contributed by atoms with Crippen LogP contribution in [0.5, 0.6) is 0 Å². The molecule has 25 heteroatoms. The van der Waals surface area contributed by atoms with E-state index in [0.717, 1.165) is 59.8 Å². The number of carboxylic acids is 2. The van der Waals surface area contributed by atoms with Crippen LogP contribution in [0.2, 0.25) is 0 Å². The molecule has 7 aromatic rings. The van der Waals surface area contributed by atoms with Gasteiger partial charge in [0, 0.05) is 97.4 Å². The summed E-state index contributed by atoms with van der Waals surface area (Å²) in [5.74, 6) is -4.20. The van der Waals surface area contributed by atoms with E-state index >= 15 is 0 Å². The number of unbranched alkanes of at least 4 members (excludes halogenated alkanes) is 3. The number of aliphatic carboxylic acids is 1. The largest absolute Gasteiger partial charge is 0.481 e. The Morgan fingerprint density at radius 2 is 1.51 bits per heavy atom. The number of rotatable bonds is 34. The first-order valence-electron chi connectivity index (χ1n) is 34.0. The predicted octanol–water partition coefficient (Wildman–Crippen LogP) is 11.4. The second kappa shape index (κ2) is 31.2. The van der Waals surface area contributed by atoms with Gasteiger partial charge in [0.05, 0.1) is 47.2 Å². The maximum absolute atomic E-state index is 13.8. The molecule has 2 unspecified atom stereocenters. The van der Waals surface area contributed by atoms with Gasteiger partial charge in [-0.25, -0.2) is 24.4 Å². The number of carbonyl (C=O) groups is 9. The second-order valence-corrected chi connectivity index (χ2v) is 29.6. The van der Waals surface area contributed by atoms with Crippen LogP contribution in [0.15, 0.2) is 97.5 Å². The average molecular weight is 1370 g/mol. The van der Waals surface area contributed by atoms with E-state index in [4.69, 9.17) is 30.4 Å². The predicted molar refractivity (Wildman–Crippen MR) is 374 cm³/mol. The number of primary amides is 1. The normalized spacial score (nSPS) is 19.7. The van der Waals surface area contributed by atoms with E-state index in [1.807, 2.05) is 60.1 Å². The third-order valence-electron chi connectivity index (χ3n) is 19.5. The lowest BCUT2D eigenvalue weighted by atomic mass is 9.39. The molecule has 8 N–H and O–H groups in total. The van der Waals surface area contributed by atoms with Gasteiger partial charge in [-0.2, -0.15) is 5.10 Å². The number of amides is 6. The third-order valence-corrected chi connectivity index (χ3v) is 20.5. The standard InChI is InChI=1S/C74H89N11O13S/c1-45(2)64(83-61(88)18-10-8-7-9-14-51(86)25-28-63(89)90)67(92)82-58(16-13-29-77-69(75)95)66(91)79-50-23-19-47(20-24-50)37-97-70(96)84(6)30-31-98-74-41-71(4)38-72(5,42-74)40-73(39-71,43-74)44-85-46(3)54(36-78-85)52-26-27-56(81-65(52)68(93)94)48-21-22-49-34-76-35-55(53(49)32-48)59(87)33-62-80-57-15-11-12-17-60(57)99-62/h11-12,15,17,19-24,26-27,32,34-36,45,58,64H,7-10,13-14,16,18,25,28-31,33,37-44H2,1-6H3,(H,79,91)(H,82,92)(H,83,88)(H,89,90)(H,93,94)(H3,75,77,95)/t58-,64-,71?,72?,73?,74?/m0/s1. The Hall–Kier alpha value is -9.49. The SMILES string of the molecule is Cc1c(-c2ccc(-c3ccc4cncc(C(=O)Cc5nc6ccccc6s5)c4c3)nc2C(=O)O)cnn1CC12CC3(C)CC(C)(C1)CC(OCCN(C)C(=O)OCc1ccc(NC(=O)[C@H](CCCNC(N)=O)NC(=O)[C@@H](NC(=O)CCCCCCC(=O)CCC(=O)O)C(C)C)cc1)(C3)C2. The molecule has 0 aliphatic heterocycles. The molecule has 4 aliphatic rings. The molecule has 4 aliphatic carbocycles. The summed E-state index contributed by atoms with van der Waals surface area (Å²) in [6.45, 7) is 11.5. The number of para-hydroxylation sites is 1. The summed E-state index contributed by atoms with van der Waals surface area (Å²) in [6.07, 6.45) is 13.3. The van der Waals surface area contributed by atoms with Gasteiger partial charge in [0.15, 0.2) is 11.5 Å². The highest BCUT2D eigenvalue weighted by Gasteiger charge is 2.66. The summed E-state index contributed by atoms with van der Waals surface area (Å²) >= 11 is 1.49. The average Bonchev–Trinajstić information content (AvgIpc) is 1.11. The number of pyridine rings is 2. The van der Waals surface area contributed by atoms with E-state index < -0.39 is 53.6 Å². The summed E-state index contributed by atoms with van der Waals surface area (Å²) < 4.78 is 15.8. The van der Waals surface area contributed by atoms with E-state index in [9.17, 15) is 48.3 Å². The van der Waals surface area contributed by atoms with Crippen LogP contribution in [0.4, 0.5) is 15.3 Å². The molecule has 99 heavy (non-hydrogen) atoms. The maximum Gasteiger partial charge on any atom is 0.409 e. The minimum Gasteiger partial charge on any atom is -0.481 e. The zero-order chi connectivity index (χ0) is 70.8. The zero-order valence-corrected chi connectivity index (χ0v) is 57.9. The fraction of sp³-hybridized carbons (Fsp3) is 0.473. The number of fused-ring (bicyclic) bond motifs is 2. The number of anilines is 1. The molecule has 11 rings (SSSR count).